The van der Waals surface area contributed by atoms with Gasteiger partial charge in [0, 0.05) is 26.7 Å². The lowest BCUT2D eigenvalue weighted by atomic mass is 9.98. The summed E-state index contributed by atoms with van der Waals surface area (Å²) in [6.45, 7) is 9.44. The predicted molar refractivity (Wildman–Crippen MR) is 118 cm³/mol. The van der Waals surface area contributed by atoms with E-state index in [4.69, 9.17) is 5.73 Å². The van der Waals surface area contributed by atoms with Gasteiger partial charge in [0.25, 0.3) is 5.56 Å². The molecule has 2 heterocycles. The van der Waals surface area contributed by atoms with Crippen LogP contribution in [0.1, 0.15) is 30.9 Å². The molecule has 9 nitrogen and oxygen atoms in total. The summed E-state index contributed by atoms with van der Waals surface area (Å²) < 4.78 is 14.6. The average Bonchev–Trinajstić information content (AvgIpc) is 2.72. The lowest BCUT2D eigenvalue weighted by Gasteiger charge is -2.43. The van der Waals surface area contributed by atoms with Crippen LogP contribution in [0.25, 0.3) is 5.70 Å². The van der Waals surface area contributed by atoms with E-state index in [9.17, 15) is 14.3 Å². The van der Waals surface area contributed by atoms with Crippen LogP contribution in [-0.4, -0.2) is 45.5 Å². The van der Waals surface area contributed by atoms with E-state index in [1.807, 2.05) is 13.8 Å². The third kappa shape index (κ3) is 4.53. The molecule has 0 bridgehead atoms. The first kappa shape index (κ1) is 22.3. The number of hydrazone groups is 1. The van der Waals surface area contributed by atoms with E-state index in [0.717, 1.165) is 5.56 Å². The maximum atomic E-state index is 13.1. The molecule has 166 valence electrons. The zero-order valence-corrected chi connectivity index (χ0v) is 17.9. The number of hydrogen-bond acceptors (Lipinski definition) is 7. The molecule has 0 atom stereocenters. The third-order valence-electron chi connectivity index (χ3n) is 5.39. The Morgan fingerprint density at radius 1 is 1.35 bits per heavy atom. The molecule has 0 fully saturated rings. The van der Waals surface area contributed by atoms with E-state index < -0.39 is 16.8 Å². The molecule has 0 saturated carbocycles. The third-order valence-corrected chi connectivity index (χ3v) is 5.39. The summed E-state index contributed by atoms with van der Waals surface area (Å²) >= 11 is 0. The van der Waals surface area contributed by atoms with Crippen molar-refractivity contribution in [2.45, 2.75) is 32.5 Å². The van der Waals surface area contributed by atoms with Crippen molar-refractivity contribution in [3.05, 3.63) is 64.1 Å². The van der Waals surface area contributed by atoms with Gasteiger partial charge in [0.15, 0.2) is 0 Å². The van der Waals surface area contributed by atoms with Crippen LogP contribution in [0, 0.1) is 5.82 Å². The Morgan fingerprint density at radius 3 is 2.68 bits per heavy atom. The fourth-order valence-corrected chi connectivity index (χ4v) is 3.62. The molecule has 1 aromatic carbocycles. The van der Waals surface area contributed by atoms with Crippen LogP contribution in [0.3, 0.4) is 0 Å². The minimum atomic E-state index is -0.648. The van der Waals surface area contributed by atoms with Gasteiger partial charge >= 0.3 is 0 Å². The lowest BCUT2D eigenvalue weighted by molar-refractivity contribution is 0.0913. The number of nitrogens with one attached hydrogen (secondary N) is 2. The number of aromatic hydroxyl groups is 1. The molecule has 10 heteroatoms. The van der Waals surface area contributed by atoms with Gasteiger partial charge in [-0.05, 0) is 31.5 Å². The monoisotopic (exact) mass is 429 g/mol. The molecule has 1 aliphatic rings. The van der Waals surface area contributed by atoms with E-state index in [0.29, 0.717) is 43.5 Å². The van der Waals surface area contributed by atoms with Crippen LogP contribution in [0.5, 0.6) is 5.75 Å². The maximum Gasteiger partial charge on any atom is 0.296 e. The quantitative estimate of drug-likeness (QED) is 0.293. The van der Waals surface area contributed by atoms with Gasteiger partial charge in [-0.15, -0.1) is 0 Å². The first-order valence-electron chi connectivity index (χ1n) is 9.90. The van der Waals surface area contributed by atoms with Gasteiger partial charge in [0.1, 0.15) is 23.2 Å². The highest BCUT2D eigenvalue weighted by atomic mass is 19.1. The number of amidine groups is 1. The van der Waals surface area contributed by atoms with Crippen LogP contribution >= 0.6 is 0 Å². The molecule has 0 radical (unpaired) electrons. The number of benzene rings is 1. The van der Waals surface area contributed by atoms with E-state index in [1.54, 1.807) is 19.2 Å². The number of rotatable bonds is 7. The average molecular weight is 430 g/mol. The highest BCUT2D eigenvalue weighted by Crippen LogP contribution is 2.31. The second-order valence-electron chi connectivity index (χ2n) is 7.86. The Balaban J connectivity index is 1.90. The summed E-state index contributed by atoms with van der Waals surface area (Å²) in [6.07, 6.45) is 0. The topological polar surface area (TPSA) is 121 Å². The Hall–Kier alpha value is -3.40. The molecule has 3 rings (SSSR count). The van der Waals surface area contributed by atoms with E-state index in [2.05, 4.69) is 32.3 Å². The van der Waals surface area contributed by atoms with Crippen molar-refractivity contribution < 1.29 is 9.50 Å². The van der Waals surface area contributed by atoms with E-state index >= 15 is 0 Å². The summed E-state index contributed by atoms with van der Waals surface area (Å²) in [6, 6.07) is 6.01. The highest BCUT2D eigenvalue weighted by molar-refractivity contribution is 5.82. The van der Waals surface area contributed by atoms with Crippen LogP contribution in [0.15, 0.2) is 40.7 Å². The Morgan fingerprint density at radius 2 is 2.03 bits per heavy atom. The smallest absolute Gasteiger partial charge is 0.296 e. The van der Waals surface area contributed by atoms with Gasteiger partial charge in [-0.2, -0.15) is 5.10 Å². The number of aromatic nitrogens is 2. The largest absolute Gasteiger partial charge is 0.501 e. The van der Waals surface area contributed by atoms with Crippen molar-refractivity contribution in [2.24, 2.45) is 10.8 Å². The predicted octanol–water partition coefficient (Wildman–Crippen LogP) is 0.891. The van der Waals surface area contributed by atoms with Crippen LogP contribution in [0.2, 0.25) is 0 Å². The fourth-order valence-electron chi connectivity index (χ4n) is 3.62. The van der Waals surface area contributed by atoms with Crippen molar-refractivity contribution >= 4 is 11.5 Å². The minimum absolute atomic E-state index is 0.0881. The first-order chi connectivity index (χ1) is 14.6. The van der Waals surface area contributed by atoms with Crippen molar-refractivity contribution in [1.29, 1.82) is 0 Å². The summed E-state index contributed by atoms with van der Waals surface area (Å²) in [7, 11) is 1.67. The number of hydrogen-bond donors (Lipinski definition) is 4. The summed E-state index contributed by atoms with van der Waals surface area (Å²) in [4.78, 5) is 19.5. The molecule has 5 N–H and O–H groups in total. The minimum Gasteiger partial charge on any atom is -0.501 e. The van der Waals surface area contributed by atoms with Gasteiger partial charge in [0.05, 0.1) is 17.8 Å². The Bertz CT molecular complexity index is 1060. The number of halogens is 1. The second kappa shape index (κ2) is 8.76. The van der Waals surface area contributed by atoms with Crippen LogP contribution < -0.4 is 22.0 Å². The summed E-state index contributed by atoms with van der Waals surface area (Å²) in [5.74, 6) is 0.131. The molecule has 0 spiro atoms. The highest BCUT2D eigenvalue weighted by Gasteiger charge is 2.38. The van der Waals surface area contributed by atoms with Gasteiger partial charge in [-0.25, -0.2) is 9.37 Å². The molecule has 0 amide bonds. The van der Waals surface area contributed by atoms with Gasteiger partial charge in [-0.1, -0.05) is 18.7 Å². The molecule has 0 saturated heterocycles. The van der Waals surface area contributed by atoms with Crippen molar-refractivity contribution in [1.82, 2.24) is 25.2 Å². The zero-order valence-electron chi connectivity index (χ0n) is 17.9. The maximum absolute atomic E-state index is 13.1. The SMILES string of the molecule is C=C(NCc1ccc(F)cc1)c1nc2n(c(=O)c1O)CCN(C/C(N)=N/NC)C2(C)C. The molecule has 2 aromatic rings. The van der Waals surface area contributed by atoms with Gasteiger partial charge in [-0.3, -0.25) is 14.3 Å². The molecule has 1 aromatic heterocycles. The Labute approximate surface area is 180 Å². The summed E-state index contributed by atoms with van der Waals surface area (Å²) in [5, 5.41) is 17.6. The molecule has 31 heavy (non-hydrogen) atoms. The first-order valence-corrected chi connectivity index (χ1v) is 9.90. The normalized spacial score (nSPS) is 15.9. The molecule has 0 unspecified atom stereocenters. The molecule has 1 aliphatic heterocycles. The second-order valence-corrected chi connectivity index (χ2v) is 7.86. The summed E-state index contributed by atoms with van der Waals surface area (Å²) in [5.41, 5.74) is 8.67. The van der Waals surface area contributed by atoms with Crippen molar-refractivity contribution in [2.75, 3.05) is 20.1 Å². The van der Waals surface area contributed by atoms with E-state index in [1.165, 1.54) is 16.7 Å². The van der Waals surface area contributed by atoms with Gasteiger partial charge < -0.3 is 21.6 Å². The Kier molecular flexibility index (Phi) is 6.30. The number of fused-ring (bicyclic) bond motifs is 1. The van der Waals surface area contributed by atoms with Crippen LogP contribution in [0.4, 0.5) is 4.39 Å². The van der Waals surface area contributed by atoms with Crippen molar-refractivity contribution in [3.8, 4) is 5.75 Å². The molecular formula is C21H28FN7O2. The van der Waals surface area contributed by atoms with Gasteiger partial charge in [0.2, 0.25) is 5.75 Å². The fraction of sp³-hybridized carbons (Fsp3) is 0.381. The number of nitrogens with two attached hydrogens (primary N) is 1. The van der Waals surface area contributed by atoms with E-state index in [-0.39, 0.29) is 11.5 Å². The lowest BCUT2D eigenvalue weighted by Crippen LogP contribution is -2.54. The number of nitrogens with zero attached hydrogens (tertiary/aromatic N) is 4. The van der Waals surface area contributed by atoms with Crippen LogP contribution in [-0.2, 0) is 18.6 Å². The molecule has 0 aliphatic carbocycles. The zero-order chi connectivity index (χ0) is 22.8. The van der Waals surface area contributed by atoms with Crippen molar-refractivity contribution in [3.63, 3.8) is 0 Å². The standard InChI is InChI=1S/C21H28FN7O2/c1-13(25-11-14-5-7-15(22)8-6-14)17-18(30)19(31)29-10-9-28(12-16(23)27-24-4)21(2,3)20(29)26-17/h5-8,24-25,30H,1,9-12H2,2-4H3,(H2,23,27). The molecular weight excluding hydrogens is 401 g/mol.